The molecule has 12 heavy (non-hydrogen) atoms. The fourth-order valence-electron chi connectivity index (χ4n) is 1.07. The average molecular weight is 172 g/mol. The third kappa shape index (κ3) is 2.23. The molecule has 0 fully saturated rings. The van der Waals surface area contributed by atoms with Gasteiger partial charge in [0.25, 0.3) is 0 Å². The summed E-state index contributed by atoms with van der Waals surface area (Å²) in [4.78, 5) is 10.6. The van der Waals surface area contributed by atoms with Gasteiger partial charge in [0.05, 0.1) is 13.2 Å². The first kappa shape index (κ1) is 9.06. The summed E-state index contributed by atoms with van der Waals surface area (Å²) in [6.07, 6.45) is 3.02. The smallest absolute Gasteiger partial charge is 0.438 e. The van der Waals surface area contributed by atoms with Crippen molar-refractivity contribution in [1.29, 1.82) is 0 Å². The molecule has 1 aliphatic rings. The Bertz CT molecular complexity index is 187. The molecule has 0 saturated heterocycles. The number of hydrogen-bond donors (Lipinski definition) is 1. The van der Waals surface area contributed by atoms with Gasteiger partial charge in [0.2, 0.25) is 0 Å². The van der Waals surface area contributed by atoms with Gasteiger partial charge in [0.1, 0.15) is 6.10 Å². The van der Waals surface area contributed by atoms with Gasteiger partial charge in [0, 0.05) is 6.42 Å². The standard InChI is InChI=1S/C8H12O4/c1-11-8(10)12-7-5-3-2-4-6(7)9/h2-3,6-7,9H,4-5H2,1H3/t6-,7-/m1/s1. The molecule has 4 heteroatoms. The highest BCUT2D eigenvalue weighted by Gasteiger charge is 2.23. The second-order valence-corrected chi connectivity index (χ2v) is 2.62. The molecule has 0 radical (unpaired) electrons. The first-order valence-corrected chi connectivity index (χ1v) is 3.81. The van der Waals surface area contributed by atoms with E-state index in [0.29, 0.717) is 12.8 Å². The minimum atomic E-state index is -0.741. The molecule has 0 aromatic carbocycles. The molecule has 0 heterocycles. The number of aliphatic hydroxyl groups excluding tert-OH is 1. The van der Waals surface area contributed by atoms with Crippen molar-refractivity contribution in [1.82, 2.24) is 0 Å². The van der Waals surface area contributed by atoms with Crippen LogP contribution >= 0.6 is 0 Å². The van der Waals surface area contributed by atoms with Crippen LogP contribution in [-0.4, -0.2) is 30.6 Å². The maximum atomic E-state index is 10.6. The Labute approximate surface area is 70.8 Å². The van der Waals surface area contributed by atoms with E-state index in [1.807, 2.05) is 12.2 Å². The molecule has 1 N–H and O–H groups in total. The third-order valence-electron chi connectivity index (χ3n) is 1.76. The molecule has 0 saturated carbocycles. The lowest BCUT2D eigenvalue weighted by Crippen LogP contribution is -2.32. The first-order valence-electron chi connectivity index (χ1n) is 3.81. The van der Waals surface area contributed by atoms with Gasteiger partial charge in [-0.05, 0) is 6.42 Å². The molecular weight excluding hydrogens is 160 g/mol. The molecule has 2 atom stereocenters. The molecule has 68 valence electrons. The van der Waals surface area contributed by atoms with Gasteiger partial charge in [0.15, 0.2) is 0 Å². The van der Waals surface area contributed by atoms with E-state index >= 15 is 0 Å². The second-order valence-electron chi connectivity index (χ2n) is 2.62. The topological polar surface area (TPSA) is 55.8 Å². The Kier molecular flexibility index (Phi) is 3.10. The SMILES string of the molecule is COC(=O)O[C@@H]1CC=CC[C@H]1O. The summed E-state index contributed by atoms with van der Waals surface area (Å²) in [7, 11) is 1.24. The molecule has 4 nitrogen and oxygen atoms in total. The minimum absolute atomic E-state index is 0.456. The number of methoxy groups -OCH3 is 1. The van der Waals surface area contributed by atoms with Crippen molar-refractivity contribution < 1.29 is 19.4 Å². The van der Waals surface area contributed by atoms with Crippen molar-refractivity contribution in [3.05, 3.63) is 12.2 Å². The number of rotatable bonds is 1. The van der Waals surface area contributed by atoms with E-state index in [4.69, 9.17) is 4.74 Å². The Balaban J connectivity index is 2.40. The number of aliphatic hydroxyl groups is 1. The monoisotopic (exact) mass is 172 g/mol. The van der Waals surface area contributed by atoms with Crippen molar-refractivity contribution in [2.75, 3.05) is 7.11 Å². The summed E-state index contributed by atoms with van der Waals surface area (Å²) in [5.74, 6) is 0. The fraction of sp³-hybridized carbons (Fsp3) is 0.625. The largest absolute Gasteiger partial charge is 0.508 e. The third-order valence-corrected chi connectivity index (χ3v) is 1.76. The Morgan fingerprint density at radius 3 is 2.75 bits per heavy atom. The first-order chi connectivity index (χ1) is 5.74. The Hall–Kier alpha value is -1.03. The lowest BCUT2D eigenvalue weighted by atomic mass is 10.0. The van der Waals surface area contributed by atoms with Crippen molar-refractivity contribution in [3.8, 4) is 0 Å². The van der Waals surface area contributed by atoms with Crippen LogP contribution in [0.5, 0.6) is 0 Å². The van der Waals surface area contributed by atoms with Gasteiger partial charge in [-0.2, -0.15) is 0 Å². The average Bonchev–Trinajstić information content (AvgIpc) is 2.09. The van der Waals surface area contributed by atoms with Crippen LogP contribution in [0.3, 0.4) is 0 Å². The van der Waals surface area contributed by atoms with E-state index in [9.17, 15) is 9.90 Å². The molecule has 0 aliphatic heterocycles. The van der Waals surface area contributed by atoms with Crippen LogP contribution in [0.4, 0.5) is 4.79 Å². The maximum Gasteiger partial charge on any atom is 0.508 e. The zero-order valence-corrected chi connectivity index (χ0v) is 6.90. The van der Waals surface area contributed by atoms with E-state index in [1.165, 1.54) is 7.11 Å². The van der Waals surface area contributed by atoms with Gasteiger partial charge in [-0.3, -0.25) is 0 Å². The van der Waals surface area contributed by atoms with E-state index in [-0.39, 0.29) is 0 Å². The molecular formula is C8H12O4. The number of carbonyl (C=O) groups excluding carboxylic acids is 1. The summed E-state index contributed by atoms with van der Waals surface area (Å²) in [5.41, 5.74) is 0. The van der Waals surface area contributed by atoms with Crippen molar-refractivity contribution >= 4 is 6.16 Å². The number of ether oxygens (including phenoxy) is 2. The van der Waals surface area contributed by atoms with Crippen LogP contribution in [0.15, 0.2) is 12.2 Å². The van der Waals surface area contributed by atoms with E-state index in [2.05, 4.69) is 4.74 Å². The summed E-state index contributed by atoms with van der Waals surface area (Å²) < 4.78 is 9.10. The maximum absolute atomic E-state index is 10.6. The molecule has 1 aliphatic carbocycles. The van der Waals surface area contributed by atoms with Crippen molar-refractivity contribution in [3.63, 3.8) is 0 Å². The lowest BCUT2D eigenvalue weighted by Gasteiger charge is -2.22. The molecule has 0 unspecified atom stereocenters. The number of hydrogen-bond acceptors (Lipinski definition) is 4. The van der Waals surface area contributed by atoms with E-state index < -0.39 is 18.4 Å². The summed E-state index contributed by atoms with van der Waals surface area (Å²) >= 11 is 0. The van der Waals surface area contributed by atoms with Gasteiger partial charge in [-0.25, -0.2) is 4.79 Å². The fourth-order valence-corrected chi connectivity index (χ4v) is 1.07. The van der Waals surface area contributed by atoms with Crippen molar-refractivity contribution in [2.24, 2.45) is 0 Å². The highest BCUT2D eigenvalue weighted by Crippen LogP contribution is 2.15. The minimum Gasteiger partial charge on any atom is -0.438 e. The quantitative estimate of drug-likeness (QED) is 0.470. The van der Waals surface area contributed by atoms with Crippen LogP contribution in [0.2, 0.25) is 0 Å². The molecule has 0 spiro atoms. The van der Waals surface area contributed by atoms with E-state index in [0.717, 1.165) is 0 Å². The van der Waals surface area contributed by atoms with E-state index in [1.54, 1.807) is 0 Å². The van der Waals surface area contributed by atoms with Gasteiger partial charge in [-0.15, -0.1) is 0 Å². The van der Waals surface area contributed by atoms with Crippen LogP contribution in [0, 0.1) is 0 Å². The zero-order valence-electron chi connectivity index (χ0n) is 6.90. The molecule has 0 aromatic rings. The van der Waals surface area contributed by atoms with Crippen molar-refractivity contribution in [2.45, 2.75) is 25.0 Å². The second kappa shape index (κ2) is 4.11. The van der Waals surface area contributed by atoms with Gasteiger partial charge >= 0.3 is 6.16 Å². The number of carbonyl (C=O) groups is 1. The highest BCUT2D eigenvalue weighted by atomic mass is 16.7. The predicted octanol–water partition coefficient (Wildman–Crippen LogP) is 0.849. The summed E-state index contributed by atoms with van der Waals surface area (Å²) in [6, 6.07) is 0. The predicted molar refractivity (Wildman–Crippen MR) is 41.7 cm³/mol. The van der Waals surface area contributed by atoms with Crippen LogP contribution in [-0.2, 0) is 9.47 Å². The van der Waals surface area contributed by atoms with Crippen LogP contribution in [0.25, 0.3) is 0 Å². The summed E-state index contributed by atoms with van der Waals surface area (Å²) in [5, 5.41) is 9.33. The Morgan fingerprint density at radius 2 is 2.17 bits per heavy atom. The van der Waals surface area contributed by atoms with Crippen LogP contribution in [0.1, 0.15) is 12.8 Å². The summed E-state index contributed by atoms with van der Waals surface area (Å²) in [6.45, 7) is 0. The molecule has 0 bridgehead atoms. The van der Waals surface area contributed by atoms with Gasteiger partial charge in [-0.1, -0.05) is 12.2 Å². The Morgan fingerprint density at radius 1 is 1.50 bits per heavy atom. The molecule has 0 aromatic heterocycles. The van der Waals surface area contributed by atoms with Gasteiger partial charge < -0.3 is 14.6 Å². The highest BCUT2D eigenvalue weighted by molar-refractivity contribution is 5.59. The lowest BCUT2D eigenvalue weighted by molar-refractivity contribution is -0.0254. The zero-order chi connectivity index (χ0) is 8.97. The molecule has 0 amide bonds. The molecule has 1 rings (SSSR count). The van der Waals surface area contributed by atoms with Crippen LogP contribution < -0.4 is 0 Å². The normalized spacial score (nSPS) is 28.2.